The Kier molecular flexibility index (Phi) is 4.29. The molecule has 0 spiro atoms. The molecule has 19 heavy (non-hydrogen) atoms. The standard InChI is InChI=1S/C16H24ClNO/c1-11-10-16(2,3)8-7-14(11)18-12-5-6-13(17)15(9-12)19-4/h5-6,9,11,14,18H,7-8,10H2,1-4H3. The Morgan fingerprint density at radius 2 is 2.11 bits per heavy atom. The summed E-state index contributed by atoms with van der Waals surface area (Å²) in [5, 5.41) is 4.29. The molecule has 1 aromatic rings. The van der Waals surface area contributed by atoms with Crippen molar-refractivity contribution < 1.29 is 4.74 Å². The normalized spacial score (nSPS) is 25.9. The highest BCUT2D eigenvalue weighted by molar-refractivity contribution is 6.32. The molecule has 0 aliphatic heterocycles. The molecule has 106 valence electrons. The second kappa shape index (κ2) is 5.62. The number of ether oxygens (including phenoxy) is 1. The Labute approximate surface area is 121 Å². The first-order valence-corrected chi connectivity index (χ1v) is 7.39. The molecule has 0 heterocycles. The molecule has 2 atom stereocenters. The maximum atomic E-state index is 6.05. The molecular formula is C16H24ClNO. The van der Waals surface area contributed by atoms with E-state index in [1.807, 2.05) is 18.2 Å². The minimum absolute atomic E-state index is 0.481. The van der Waals surface area contributed by atoms with Gasteiger partial charge in [-0.05, 0) is 42.7 Å². The second-order valence-corrected chi connectivity index (χ2v) is 6.89. The molecule has 1 aromatic carbocycles. The average Bonchev–Trinajstić information content (AvgIpc) is 2.34. The van der Waals surface area contributed by atoms with Gasteiger partial charge >= 0.3 is 0 Å². The lowest BCUT2D eigenvalue weighted by molar-refractivity contribution is 0.177. The fraction of sp³-hybridized carbons (Fsp3) is 0.625. The summed E-state index contributed by atoms with van der Waals surface area (Å²) in [6, 6.07) is 6.44. The number of hydrogen-bond donors (Lipinski definition) is 1. The Bertz CT molecular complexity index is 444. The van der Waals surface area contributed by atoms with Gasteiger partial charge in [0.05, 0.1) is 12.1 Å². The highest BCUT2D eigenvalue weighted by Crippen LogP contribution is 2.40. The first-order valence-electron chi connectivity index (χ1n) is 7.01. The van der Waals surface area contributed by atoms with E-state index >= 15 is 0 Å². The van der Waals surface area contributed by atoms with Crippen molar-refractivity contribution >= 4 is 17.3 Å². The minimum atomic E-state index is 0.481. The molecule has 1 saturated carbocycles. The summed E-state index contributed by atoms with van der Waals surface area (Å²) in [4.78, 5) is 0. The summed E-state index contributed by atoms with van der Waals surface area (Å²) < 4.78 is 5.26. The molecule has 1 fully saturated rings. The van der Waals surface area contributed by atoms with Crippen molar-refractivity contribution in [2.24, 2.45) is 11.3 Å². The van der Waals surface area contributed by atoms with Gasteiger partial charge in [0.1, 0.15) is 5.75 Å². The Balaban J connectivity index is 2.05. The fourth-order valence-corrected chi connectivity index (χ4v) is 3.32. The lowest BCUT2D eigenvalue weighted by atomic mass is 9.70. The zero-order valence-corrected chi connectivity index (χ0v) is 13.1. The zero-order chi connectivity index (χ0) is 14.0. The number of methoxy groups -OCH3 is 1. The summed E-state index contributed by atoms with van der Waals surface area (Å²) in [5.74, 6) is 1.42. The molecule has 0 saturated heterocycles. The molecule has 0 amide bonds. The number of rotatable bonds is 3. The van der Waals surface area contributed by atoms with Gasteiger partial charge in [-0.3, -0.25) is 0 Å². The van der Waals surface area contributed by atoms with Crippen molar-refractivity contribution in [3.05, 3.63) is 23.2 Å². The SMILES string of the molecule is COc1cc(NC2CCC(C)(C)CC2C)ccc1Cl. The van der Waals surface area contributed by atoms with E-state index in [0.29, 0.717) is 22.4 Å². The molecule has 3 heteroatoms. The number of nitrogens with one attached hydrogen (secondary N) is 1. The number of halogens is 1. The summed E-state index contributed by atoms with van der Waals surface area (Å²) in [6.45, 7) is 7.07. The van der Waals surface area contributed by atoms with Gasteiger partial charge < -0.3 is 10.1 Å². The summed E-state index contributed by atoms with van der Waals surface area (Å²) in [7, 11) is 1.65. The van der Waals surface area contributed by atoms with Crippen LogP contribution in [-0.2, 0) is 0 Å². The van der Waals surface area contributed by atoms with Gasteiger partial charge in [-0.15, -0.1) is 0 Å². The van der Waals surface area contributed by atoms with Gasteiger partial charge in [0.2, 0.25) is 0 Å². The maximum absolute atomic E-state index is 6.05. The smallest absolute Gasteiger partial charge is 0.139 e. The van der Waals surface area contributed by atoms with Crippen LogP contribution < -0.4 is 10.1 Å². The zero-order valence-electron chi connectivity index (χ0n) is 12.3. The lowest BCUT2D eigenvalue weighted by Gasteiger charge is -2.40. The van der Waals surface area contributed by atoms with Crippen LogP contribution in [0.5, 0.6) is 5.75 Å². The van der Waals surface area contributed by atoms with Gasteiger partial charge in [0, 0.05) is 17.8 Å². The molecular weight excluding hydrogens is 258 g/mol. The number of anilines is 1. The van der Waals surface area contributed by atoms with Crippen LogP contribution in [0.15, 0.2) is 18.2 Å². The third kappa shape index (κ3) is 3.56. The molecule has 2 unspecified atom stereocenters. The van der Waals surface area contributed by atoms with E-state index in [9.17, 15) is 0 Å². The van der Waals surface area contributed by atoms with Gasteiger partial charge in [0.25, 0.3) is 0 Å². The van der Waals surface area contributed by atoms with E-state index in [-0.39, 0.29) is 0 Å². The van der Waals surface area contributed by atoms with Crippen LogP contribution in [0, 0.1) is 11.3 Å². The van der Waals surface area contributed by atoms with E-state index in [0.717, 1.165) is 11.4 Å². The molecule has 0 radical (unpaired) electrons. The molecule has 1 N–H and O–H groups in total. The summed E-state index contributed by atoms with van der Waals surface area (Å²) in [6.07, 6.45) is 3.77. The van der Waals surface area contributed by atoms with Crippen molar-refractivity contribution in [2.75, 3.05) is 12.4 Å². The highest BCUT2D eigenvalue weighted by atomic mass is 35.5. The molecule has 1 aliphatic rings. The van der Waals surface area contributed by atoms with Crippen LogP contribution in [0.25, 0.3) is 0 Å². The van der Waals surface area contributed by atoms with Gasteiger partial charge in [-0.25, -0.2) is 0 Å². The molecule has 0 aromatic heterocycles. The lowest BCUT2D eigenvalue weighted by Crippen LogP contribution is -2.36. The van der Waals surface area contributed by atoms with Crippen LogP contribution in [0.1, 0.15) is 40.0 Å². The van der Waals surface area contributed by atoms with E-state index in [4.69, 9.17) is 16.3 Å². The monoisotopic (exact) mass is 281 g/mol. The second-order valence-electron chi connectivity index (χ2n) is 6.48. The Hall–Kier alpha value is -0.890. The quantitative estimate of drug-likeness (QED) is 0.844. The first-order chi connectivity index (χ1) is 8.91. The van der Waals surface area contributed by atoms with Crippen molar-refractivity contribution in [1.29, 1.82) is 0 Å². The van der Waals surface area contributed by atoms with E-state index in [1.54, 1.807) is 7.11 Å². The first kappa shape index (κ1) is 14.5. The fourth-order valence-electron chi connectivity index (χ4n) is 3.12. The summed E-state index contributed by atoms with van der Waals surface area (Å²) >= 11 is 6.05. The predicted octanol–water partition coefficient (Wildman–Crippen LogP) is 4.98. The predicted molar refractivity (Wildman–Crippen MR) is 82.2 cm³/mol. The van der Waals surface area contributed by atoms with Crippen molar-refractivity contribution in [2.45, 2.75) is 46.1 Å². The van der Waals surface area contributed by atoms with Crippen LogP contribution >= 0.6 is 11.6 Å². The Morgan fingerprint density at radius 3 is 2.74 bits per heavy atom. The van der Waals surface area contributed by atoms with Gasteiger partial charge in [-0.1, -0.05) is 32.4 Å². The number of benzene rings is 1. The van der Waals surface area contributed by atoms with Gasteiger partial charge in [-0.2, -0.15) is 0 Å². The topological polar surface area (TPSA) is 21.3 Å². The van der Waals surface area contributed by atoms with Crippen molar-refractivity contribution in [3.8, 4) is 5.75 Å². The largest absolute Gasteiger partial charge is 0.495 e. The molecule has 1 aliphatic carbocycles. The molecule has 0 bridgehead atoms. The van der Waals surface area contributed by atoms with E-state index in [2.05, 4.69) is 26.1 Å². The van der Waals surface area contributed by atoms with Gasteiger partial charge in [0.15, 0.2) is 0 Å². The Morgan fingerprint density at radius 1 is 1.37 bits per heavy atom. The maximum Gasteiger partial charge on any atom is 0.139 e. The van der Waals surface area contributed by atoms with Crippen LogP contribution in [-0.4, -0.2) is 13.2 Å². The van der Waals surface area contributed by atoms with Crippen LogP contribution in [0.4, 0.5) is 5.69 Å². The third-order valence-corrected chi connectivity index (χ3v) is 4.51. The van der Waals surface area contributed by atoms with Crippen LogP contribution in [0.2, 0.25) is 5.02 Å². The highest BCUT2D eigenvalue weighted by Gasteiger charge is 2.32. The van der Waals surface area contributed by atoms with Crippen molar-refractivity contribution in [3.63, 3.8) is 0 Å². The number of hydrogen-bond acceptors (Lipinski definition) is 2. The molecule has 2 rings (SSSR count). The van der Waals surface area contributed by atoms with Crippen LogP contribution in [0.3, 0.4) is 0 Å². The minimum Gasteiger partial charge on any atom is -0.495 e. The van der Waals surface area contributed by atoms with E-state index in [1.165, 1.54) is 19.3 Å². The van der Waals surface area contributed by atoms with Crippen molar-refractivity contribution in [1.82, 2.24) is 0 Å². The third-order valence-electron chi connectivity index (χ3n) is 4.20. The average molecular weight is 282 g/mol. The summed E-state index contributed by atoms with van der Waals surface area (Å²) in [5.41, 5.74) is 1.58. The van der Waals surface area contributed by atoms with E-state index < -0.39 is 0 Å². The molecule has 2 nitrogen and oxygen atoms in total.